The lowest BCUT2D eigenvalue weighted by Crippen LogP contribution is -2.21. The Morgan fingerprint density at radius 2 is 1.65 bits per heavy atom. The summed E-state index contributed by atoms with van der Waals surface area (Å²) in [6.07, 6.45) is 17.2. The molecule has 0 aliphatic rings. The van der Waals surface area contributed by atoms with E-state index in [1.165, 1.54) is 69.8 Å². The van der Waals surface area contributed by atoms with Crippen LogP contribution in [0.3, 0.4) is 0 Å². The standard InChI is InChI=1S/C18H33NO/c1-3-5-6-7-8-9-10-11-12-18(19-14-4-2)17-13-15-20-16-17/h13,15-16,18-19H,3-12,14H2,1-2H3. The molecule has 0 saturated heterocycles. The van der Waals surface area contributed by atoms with Gasteiger partial charge in [-0.3, -0.25) is 0 Å². The Hall–Kier alpha value is -0.760. The van der Waals surface area contributed by atoms with Gasteiger partial charge in [0.25, 0.3) is 0 Å². The molecule has 0 aliphatic carbocycles. The second kappa shape index (κ2) is 12.0. The van der Waals surface area contributed by atoms with Gasteiger partial charge >= 0.3 is 0 Å². The van der Waals surface area contributed by atoms with Crippen LogP contribution in [0.25, 0.3) is 0 Å². The molecule has 0 bridgehead atoms. The van der Waals surface area contributed by atoms with E-state index in [0.29, 0.717) is 6.04 Å². The first-order valence-corrected chi connectivity index (χ1v) is 8.64. The molecule has 2 heteroatoms. The van der Waals surface area contributed by atoms with Gasteiger partial charge in [-0.05, 0) is 25.5 Å². The second-order valence-electron chi connectivity index (χ2n) is 5.83. The molecular weight excluding hydrogens is 246 g/mol. The molecule has 0 spiro atoms. The van der Waals surface area contributed by atoms with Crippen LogP contribution in [0.5, 0.6) is 0 Å². The summed E-state index contributed by atoms with van der Waals surface area (Å²) < 4.78 is 5.22. The van der Waals surface area contributed by atoms with Crippen molar-refractivity contribution in [3.63, 3.8) is 0 Å². The number of hydrogen-bond donors (Lipinski definition) is 1. The van der Waals surface area contributed by atoms with Crippen LogP contribution in [-0.2, 0) is 0 Å². The van der Waals surface area contributed by atoms with E-state index in [2.05, 4.69) is 25.2 Å². The molecule has 1 atom stereocenters. The smallest absolute Gasteiger partial charge is 0.0950 e. The third-order valence-corrected chi connectivity index (χ3v) is 3.93. The number of nitrogens with one attached hydrogen (secondary N) is 1. The maximum atomic E-state index is 5.22. The van der Waals surface area contributed by atoms with Crippen molar-refractivity contribution in [2.75, 3.05) is 6.54 Å². The van der Waals surface area contributed by atoms with Gasteiger partial charge in [-0.15, -0.1) is 0 Å². The fourth-order valence-electron chi connectivity index (χ4n) is 2.66. The summed E-state index contributed by atoms with van der Waals surface area (Å²) in [7, 11) is 0. The predicted molar refractivity (Wildman–Crippen MR) is 87.0 cm³/mol. The molecule has 1 aromatic heterocycles. The fraction of sp³-hybridized carbons (Fsp3) is 0.778. The van der Waals surface area contributed by atoms with Gasteiger partial charge in [0.15, 0.2) is 0 Å². The van der Waals surface area contributed by atoms with Crippen LogP contribution in [-0.4, -0.2) is 6.54 Å². The number of furan rings is 1. The van der Waals surface area contributed by atoms with Crippen molar-refractivity contribution >= 4 is 0 Å². The van der Waals surface area contributed by atoms with Crippen molar-refractivity contribution in [3.05, 3.63) is 24.2 Å². The van der Waals surface area contributed by atoms with Gasteiger partial charge < -0.3 is 9.73 Å². The van der Waals surface area contributed by atoms with Gasteiger partial charge in [0, 0.05) is 11.6 Å². The maximum Gasteiger partial charge on any atom is 0.0950 e. The zero-order valence-corrected chi connectivity index (χ0v) is 13.5. The van der Waals surface area contributed by atoms with E-state index in [0.717, 1.165) is 6.54 Å². The third-order valence-electron chi connectivity index (χ3n) is 3.93. The van der Waals surface area contributed by atoms with Gasteiger partial charge in [0.2, 0.25) is 0 Å². The van der Waals surface area contributed by atoms with Crippen molar-refractivity contribution in [3.8, 4) is 0 Å². The fourth-order valence-corrected chi connectivity index (χ4v) is 2.66. The molecule has 1 rings (SSSR count). The molecule has 1 heterocycles. The quantitative estimate of drug-likeness (QED) is 0.458. The van der Waals surface area contributed by atoms with E-state index in [4.69, 9.17) is 4.42 Å². The Morgan fingerprint density at radius 1 is 0.950 bits per heavy atom. The number of rotatable bonds is 13. The zero-order chi connectivity index (χ0) is 14.5. The minimum atomic E-state index is 0.480. The Labute approximate surface area is 125 Å². The van der Waals surface area contributed by atoms with Crippen molar-refractivity contribution in [2.45, 2.75) is 84.1 Å². The lowest BCUT2D eigenvalue weighted by Gasteiger charge is -2.16. The van der Waals surface area contributed by atoms with Crippen molar-refractivity contribution < 1.29 is 4.42 Å². The van der Waals surface area contributed by atoms with Crippen LogP contribution < -0.4 is 5.32 Å². The van der Waals surface area contributed by atoms with E-state index in [-0.39, 0.29) is 0 Å². The SMILES string of the molecule is CCCCCCCCCCC(NCCC)c1ccoc1. The van der Waals surface area contributed by atoms with Crippen molar-refractivity contribution in [2.24, 2.45) is 0 Å². The zero-order valence-electron chi connectivity index (χ0n) is 13.5. The first-order valence-electron chi connectivity index (χ1n) is 8.64. The molecule has 0 saturated carbocycles. The molecule has 116 valence electrons. The maximum absolute atomic E-state index is 5.22. The highest BCUT2D eigenvalue weighted by atomic mass is 16.3. The Balaban J connectivity index is 2.10. The molecular formula is C18H33NO. The minimum Gasteiger partial charge on any atom is -0.472 e. The van der Waals surface area contributed by atoms with Gasteiger partial charge in [-0.1, -0.05) is 65.2 Å². The second-order valence-corrected chi connectivity index (χ2v) is 5.83. The third kappa shape index (κ3) is 7.74. The highest BCUT2D eigenvalue weighted by Gasteiger charge is 2.11. The van der Waals surface area contributed by atoms with Crippen LogP contribution in [0, 0.1) is 0 Å². The van der Waals surface area contributed by atoms with Gasteiger partial charge in [-0.25, -0.2) is 0 Å². The molecule has 0 aromatic carbocycles. The van der Waals surface area contributed by atoms with E-state index in [1.807, 2.05) is 6.26 Å². The van der Waals surface area contributed by atoms with Crippen LogP contribution in [0.2, 0.25) is 0 Å². The molecule has 0 aliphatic heterocycles. The lowest BCUT2D eigenvalue weighted by molar-refractivity contribution is 0.459. The van der Waals surface area contributed by atoms with Crippen molar-refractivity contribution in [1.29, 1.82) is 0 Å². The van der Waals surface area contributed by atoms with E-state index in [9.17, 15) is 0 Å². The summed E-state index contributed by atoms with van der Waals surface area (Å²) in [6, 6.07) is 2.58. The average Bonchev–Trinajstić information content (AvgIpc) is 2.99. The molecule has 0 fully saturated rings. The largest absolute Gasteiger partial charge is 0.472 e. The average molecular weight is 279 g/mol. The molecule has 0 radical (unpaired) electrons. The Morgan fingerprint density at radius 3 is 2.25 bits per heavy atom. The summed E-state index contributed by atoms with van der Waals surface area (Å²) in [5.41, 5.74) is 1.31. The summed E-state index contributed by atoms with van der Waals surface area (Å²) in [5, 5.41) is 3.63. The predicted octanol–water partition coefficient (Wildman–Crippen LogP) is 5.85. The summed E-state index contributed by atoms with van der Waals surface area (Å²) in [5.74, 6) is 0. The minimum absolute atomic E-state index is 0.480. The van der Waals surface area contributed by atoms with E-state index < -0.39 is 0 Å². The normalized spacial score (nSPS) is 12.7. The summed E-state index contributed by atoms with van der Waals surface area (Å²) in [4.78, 5) is 0. The first kappa shape index (κ1) is 17.3. The molecule has 1 unspecified atom stereocenters. The molecule has 1 aromatic rings. The highest BCUT2D eigenvalue weighted by molar-refractivity contribution is 5.11. The summed E-state index contributed by atoms with van der Waals surface area (Å²) in [6.45, 7) is 5.59. The molecule has 0 amide bonds. The lowest BCUT2D eigenvalue weighted by atomic mass is 10.0. The van der Waals surface area contributed by atoms with Gasteiger partial charge in [0.05, 0.1) is 12.5 Å². The van der Waals surface area contributed by atoms with Gasteiger partial charge in [0.1, 0.15) is 0 Å². The topological polar surface area (TPSA) is 25.2 Å². The van der Waals surface area contributed by atoms with Crippen LogP contribution in [0.1, 0.15) is 89.7 Å². The molecule has 20 heavy (non-hydrogen) atoms. The van der Waals surface area contributed by atoms with Crippen LogP contribution >= 0.6 is 0 Å². The van der Waals surface area contributed by atoms with Crippen LogP contribution in [0.15, 0.2) is 23.0 Å². The van der Waals surface area contributed by atoms with E-state index >= 15 is 0 Å². The highest BCUT2D eigenvalue weighted by Crippen LogP contribution is 2.21. The monoisotopic (exact) mass is 279 g/mol. The van der Waals surface area contributed by atoms with Crippen LogP contribution in [0.4, 0.5) is 0 Å². The Bertz CT molecular complexity index is 294. The van der Waals surface area contributed by atoms with Crippen molar-refractivity contribution in [1.82, 2.24) is 5.32 Å². The Kier molecular flexibility index (Phi) is 10.4. The number of unbranched alkanes of at least 4 members (excludes halogenated alkanes) is 7. The summed E-state index contributed by atoms with van der Waals surface area (Å²) >= 11 is 0. The first-order chi connectivity index (χ1) is 9.88. The molecule has 1 N–H and O–H groups in total. The number of hydrogen-bond acceptors (Lipinski definition) is 2. The van der Waals surface area contributed by atoms with E-state index in [1.54, 1.807) is 6.26 Å². The molecule has 2 nitrogen and oxygen atoms in total. The van der Waals surface area contributed by atoms with Gasteiger partial charge in [-0.2, -0.15) is 0 Å².